The Morgan fingerprint density at radius 2 is 1.75 bits per heavy atom. The minimum absolute atomic E-state index is 0.134. The van der Waals surface area contributed by atoms with Crippen molar-refractivity contribution >= 4 is 11.6 Å². The van der Waals surface area contributed by atoms with Gasteiger partial charge in [-0.1, -0.05) is 26.0 Å². The Morgan fingerprint density at radius 3 is 2.30 bits per heavy atom. The summed E-state index contributed by atoms with van der Waals surface area (Å²) in [6, 6.07) is 6.83. The van der Waals surface area contributed by atoms with E-state index in [1.54, 1.807) is 12.1 Å². The number of halogens is 1. The molecular formula is C16H23FN2O. The lowest BCUT2D eigenvalue weighted by Crippen LogP contribution is -2.50. The number of rotatable bonds is 4. The van der Waals surface area contributed by atoms with Gasteiger partial charge in [-0.2, -0.15) is 0 Å². The van der Waals surface area contributed by atoms with Crippen molar-refractivity contribution in [2.75, 3.05) is 31.1 Å². The van der Waals surface area contributed by atoms with E-state index in [0.29, 0.717) is 31.9 Å². The Balaban J connectivity index is 1.96. The predicted molar refractivity (Wildman–Crippen MR) is 79.3 cm³/mol. The number of nitrogens with zero attached hydrogens (tertiary/aromatic N) is 2. The van der Waals surface area contributed by atoms with Crippen LogP contribution in [0.4, 0.5) is 10.1 Å². The highest BCUT2D eigenvalue weighted by molar-refractivity contribution is 5.79. The second-order valence-electron chi connectivity index (χ2n) is 5.28. The van der Waals surface area contributed by atoms with E-state index in [1.165, 1.54) is 6.07 Å². The predicted octanol–water partition coefficient (Wildman–Crippen LogP) is 2.91. The molecule has 1 aromatic rings. The summed E-state index contributed by atoms with van der Waals surface area (Å²) in [5, 5.41) is 0. The zero-order valence-corrected chi connectivity index (χ0v) is 12.3. The fourth-order valence-electron chi connectivity index (χ4n) is 2.77. The molecule has 0 aromatic heterocycles. The highest BCUT2D eigenvalue weighted by Gasteiger charge is 2.26. The van der Waals surface area contributed by atoms with E-state index in [1.807, 2.05) is 15.9 Å². The van der Waals surface area contributed by atoms with Gasteiger partial charge in [-0.15, -0.1) is 0 Å². The van der Waals surface area contributed by atoms with Gasteiger partial charge in [0.2, 0.25) is 5.91 Å². The molecule has 1 aromatic carbocycles. The molecule has 0 spiro atoms. The van der Waals surface area contributed by atoms with Gasteiger partial charge in [0.1, 0.15) is 5.82 Å². The average molecular weight is 278 g/mol. The van der Waals surface area contributed by atoms with E-state index in [4.69, 9.17) is 0 Å². The SMILES string of the molecule is CCC(CC)C(=O)N1CCN(c2ccccc2F)CC1. The van der Waals surface area contributed by atoms with E-state index in [9.17, 15) is 9.18 Å². The number of hydrogen-bond acceptors (Lipinski definition) is 2. The molecule has 3 nitrogen and oxygen atoms in total. The van der Waals surface area contributed by atoms with E-state index >= 15 is 0 Å². The third-order valence-electron chi connectivity index (χ3n) is 4.12. The summed E-state index contributed by atoms with van der Waals surface area (Å²) in [5.41, 5.74) is 0.641. The van der Waals surface area contributed by atoms with E-state index < -0.39 is 0 Å². The molecule has 20 heavy (non-hydrogen) atoms. The van der Waals surface area contributed by atoms with Gasteiger partial charge in [0.15, 0.2) is 0 Å². The molecule has 0 N–H and O–H groups in total. The molecule has 1 amide bonds. The second kappa shape index (κ2) is 6.73. The number of piperazine rings is 1. The molecule has 1 aliphatic rings. The third kappa shape index (κ3) is 3.11. The normalized spacial score (nSPS) is 15.8. The van der Waals surface area contributed by atoms with Gasteiger partial charge in [0.05, 0.1) is 5.69 Å². The molecule has 110 valence electrons. The molecular weight excluding hydrogens is 255 g/mol. The summed E-state index contributed by atoms with van der Waals surface area (Å²) >= 11 is 0. The van der Waals surface area contributed by atoms with Gasteiger partial charge < -0.3 is 9.80 Å². The van der Waals surface area contributed by atoms with Gasteiger partial charge in [0, 0.05) is 32.1 Å². The van der Waals surface area contributed by atoms with Crippen LogP contribution in [0.3, 0.4) is 0 Å². The number of amides is 1. The topological polar surface area (TPSA) is 23.6 Å². The monoisotopic (exact) mass is 278 g/mol. The molecule has 1 fully saturated rings. The maximum Gasteiger partial charge on any atom is 0.225 e. The maximum atomic E-state index is 13.7. The van der Waals surface area contributed by atoms with Crippen molar-refractivity contribution < 1.29 is 9.18 Å². The molecule has 0 unspecified atom stereocenters. The first kappa shape index (κ1) is 14.8. The molecule has 1 heterocycles. The Kier molecular flexibility index (Phi) is 4.99. The van der Waals surface area contributed by atoms with Crippen LogP contribution >= 0.6 is 0 Å². The van der Waals surface area contributed by atoms with E-state index in [0.717, 1.165) is 12.8 Å². The van der Waals surface area contributed by atoms with Crippen LogP contribution in [0.5, 0.6) is 0 Å². The van der Waals surface area contributed by atoms with Gasteiger partial charge in [-0.25, -0.2) is 4.39 Å². The lowest BCUT2D eigenvalue weighted by Gasteiger charge is -2.37. The fourth-order valence-corrected chi connectivity index (χ4v) is 2.77. The summed E-state index contributed by atoms with van der Waals surface area (Å²) in [7, 11) is 0. The van der Waals surface area contributed by atoms with Crippen LogP contribution in [0.25, 0.3) is 0 Å². The smallest absolute Gasteiger partial charge is 0.225 e. The second-order valence-corrected chi connectivity index (χ2v) is 5.28. The number of benzene rings is 1. The fraction of sp³-hybridized carbons (Fsp3) is 0.562. The highest BCUT2D eigenvalue weighted by Crippen LogP contribution is 2.21. The number of carbonyl (C=O) groups excluding carboxylic acids is 1. The Labute approximate surface area is 120 Å². The van der Waals surface area contributed by atoms with Gasteiger partial charge in [-0.3, -0.25) is 4.79 Å². The molecule has 0 aliphatic carbocycles. The lowest BCUT2D eigenvalue weighted by molar-refractivity contribution is -0.136. The quantitative estimate of drug-likeness (QED) is 0.845. The number of para-hydroxylation sites is 1. The Morgan fingerprint density at radius 1 is 1.15 bits per heavy atom. The molecule has 2 rings (SSSR count). The third-order valence-corrected chi connectivity index (χ3v) is 4.12. The van der Waals surface area contributed by atoms with Crippen molar-refractivity contribution in [3.63, 3.8) is 0 Å². The largest absolute Gasteiger partial charge is 0.366 e. The summed E-state index contributed by atoms with van der Waals surface area (Å²) in [4.78, 5) is 16.2. The highest BCUT2D eigenvalue weighted by atomic mass is 19.1. The van der Waals surface area contributed by atoms with Gasteiger partial charge >= 0.3 is 0 Å². The number of hydrogen-bond donors (Lipinski definition) is 0. The number of carbonyl (C=O) groups is 1. The van der Waals surface area contributed by atoms with Crippen molar-refractivity contribution in [1.82, 2.24) is 4.90 Å². The van der Waals surface area contributed by atoms with Crippen LogP contribution in [0.2, 0.25) is 0 Å². The van der Waals surface area contributed by atoms with Gasteiger partial charge in [-0.05, 0) is 25.0 Å². The zero-order valence-electron chi connectivity index (χ0n) is 12.3. The summed E-state index contributed by atoms with van der Waals surface area (Å²) in [5.74, 6) is 0.200. The Bertz CT molecular complexity index is 452. The average Bonchev–Trinajstić information content (AvgIpc) is 2.49. The van der Waals surface area contributed by atoms with E-state index in [2.05, 4.69) is 13.8 Å². The molecule has 0 atom stereocenters. The van der Waals surface area contributed by atoms with Crippen LogP contribution < -0.4 is 4.90 Å². The summed E-state index contributed by atoms with van der Waals surface area (Å²) in [6.07, 6.45) is 1.78. The first-order valence-corrected chi connectivity index (χ1v) is 7.45. The zero-order chi connectivity index (χ0) is 14.5. The Hall–Kier alpha value is -1.58. The summed E-state index contributed by atoms with van der Waals surface area (Å²) < 4.78 is 13.7. The van der Waals surface area contributed by atoms with Crippen LogP contribution in [-0.2, 0) is 4.79 Å². The first-order chi connectivity index (χ1) is 9.67. The van der Waals surface area contributed by atoms with Crippen molar-refractivity contribution in [3.8, 4) is 0 Å². The maximum absolute atomic E-state index is 13.7. The van der Waals surface area contributed by atoms with E-state index in [-0.39, 0.29) is 17.6 Å². The van der Waals surface area contributed by atoms with Crippen LogP contribution in [-0.4, -0.2) is 37.0 Å². The van der Waals surface area contributed by atoms with Crippen LogP contribution in [0.15, 0.2) is 24.3 Å². The van der Waals surface area contributed by atoms with Crippen LogP contribution in [0, 0.1) is 11.7 Å². The van der Waals surface area contributed by atoms with Crippen LogP contribution in [0.1, 0.15) is 26.7 Å². The van der Waals surface area contributed by atoms with Crippen molar-refractivity contribution in [3.05, 3.63) is 30.1 Å². The molecule has 1 aliphatic heterocycles. The summed E-state index contributed by atoms with van der Waals surface area (Å²) in [6.45, 7) is 6.89. The minimum atomic E-state index is -0.188. The number of anilines is 1. The van der Waals surface area contributed by atoms with Gasteiger partial charge in [0.25, 0.3) is 0 Å². The minimum Gasteiger partial charge on any atom is -0.366 e. The van der Waals surface area contributed by atoms with Crippen molar-refractivity contribution in [2.24, 2.45) is 5.92 Å². The molecule has 0 saturated carbocycles. The molecule has 0 bridgehead atoms. The van der Waals surface area contributed by atoms with Crippen molar-refractivity contribution in [1.29, 1.82) is 0 Å². The molecule has 4 heteroatoms. The standard InChI is InChI=1S/C16H23FN2O/c1-3-13(4-2)16(20)19-11-9-18(10-12-19)15-8-6-5-7-14(15)17/h5-8,13H,3-4,9-12H2,1-2H3. The molecule has 0 radical (unpaired) electrons. The van der Waals surface area contributed by atoms with Crippen molar-refractivity contribution in [2.45, 2.75) is 26.7 Å². The molecule has 1 saturated heterocycles. The lowest BCUT2D eigenvalue weighted by atomic mass is 10.0. The first-order valence-electron chi connectivity index (χ1n) is 7.45.